The van der Waals surface area contributed by atoms with E-state index < -0.39 is 11.8 Å². The molecule has 0 aliphatic heterocycles. The zero-order valence-corrected chi connectivity index (χ0v) is 16.9. The number of nitrogen functional groups attached to an aromatic ring is 1. The third-order valence-corrected chi connectivity index (χ3v) is 5.00. The highest BCUT2D eigenvalue weighted by Crippen LogP contribution is 2.31. The molecule has 156 valence electrons. The molecule has 3 rings (SSSR count). The van der Waals surface area contributed by atoms with Crippen LogP contribution in [0.15, 0.2) is 30.5 Å². The largest absolute Gasteiger partial charge is 0.506 e. The Balaban J connectivity index is 1.91. The van der Waals surface area contributed by atoms with E-state index in [0.717, 1.165) is 11.3 Å². The maximum Gasteiger partial charge on any atom is 0.267 e. The number of hydrogen-bond donors (Lipinski definition) is 5. The summed E-state index contributed by atoms with van der Waals surface area (Å²) >= 11 is 0.997. The molecule has 11 nitrogen and oxygen atoms in total. The second-order valence-electron chi connectivity index (χ2n) is 6.25. The molecule has 0 atom stereocenters. The first kappa shape index (κ1) is 21.0. The molecule has 3 aromatic rings. The first-order valence-corrected chi connectivity index (χ1v) is 9.47. The molecule has 30 heavy (non-hydrogen) atoms. The lowest BCUT2D eigenvalue weighted by Crippen LogP contribution is -2.33. The predicted molar refractivity (Wildman–Crippen MR) is 111 cm³/mol. The lowest BCUT2D eigenvalue weighted by molar-refractivity contribution is -0.127. The van der Waals surface area contributed by atoms with Gasteiger partial charge in [-0.3, -0.25) is 19.7 Å². The van der Waals surface area contributed by atoms with Crippen molar-refractivity contribution < 1.29 is 19.9 Å². The molecule has 2 heterocycles. The number of amides is 2. The van der Waals surface area contributed by atoms with Crippen LogP contribution in [0.2, 0.25) is 0 Å². The van der Waals surface area contributed by atoms with Crippen LogP contribution in [0.3, 0.4) is 0 Å². The average molecular weight is 429 g/mol. The molecule has 2 aromatic heterocycles. The molecule has 1 aromatic carbocycles. The molecule has 0 aliphatic rings. The summed E-state index contributed by atoms with van der Waals surface area (Å²) < 4.78 is 0. The lowest BCUT2D eigenvalue weighted by Gasteiger charge is -2.20. The molecule has 0 spiro atoms. The number of phenolic OH excluding ortho intramolecular Hbond substituents is 1. The average Bonchev–Trinajstić information content (AvgIpc) is 3.18. The first-order chi connectivity index (χ1) is 14.3. The molecule has 2 amide bonds. The molecule has 0 unspecified atom stereocenters. The van der Waals surface area contributed by atoms with Crippen LogP contribution in [0.25, 0.3) is 0 Å². The van der Waals surface area contributed by atoms with Gasteiger partial charge in [0.1, 0.15) is 34.6 Å². The number of anilines is 4. The van der Waals surface area contributed by atoms with Crippen LogP contribution in [0.5, 0.6) is 5.75 Å². The minimum atomic E-state index is -0.712. The van der Waals surface area contributed by atoms with Gasteiger partial charge in [-0.1, -0.05) is 23.5 Å². The number of hydrogen-bond acceptors (Lipinski definition) is 10. The van der Waals surface area contributed by atoms with Crippen LogP contribution < -0.4 is 21.4 Å². The fourth-order valence-corrected chi connectivity index (χ4v) is 3.44. The molecule has 0 radical (unpaired) electrons. The van der Waals surface area contributed by atoms with Gasteiger partial charge in [-0.25, -0.2) is 20.4 Å². The number of para-hydroxylation sites is 1. The van der Waals surface area contributed by atoms with Crippen molar-refractivity contribution in [1.82, 2.24) is 20.4 Å². The van der Waals surface area contributed by atoms with Crippen molar-refractivity contribution in [2.24, 2.45) is 0 Å². The van der Waals surface area contributed by atoms with E-state index in [-0.39, 0.29) is 33.9 Å². The van der Waals surface area contributed by atoms with E-state index in [1.54, 1.807) is 31.5 Å². The number of hydroxylamine groups is 1. The Morgan fingerprint density at radius 1 is 1.27 bits per heavy atom. The maximum absolute atomic E-state index is 12.6. The number of rotatable bonds is 6. The molecule has 0 saturated heterocycles. The van der Waals surface area contributed by atoms with Crippen molar-refractivity contribution in [1.29, 1.82) is 0 Å². The predicted octanol–water partition coefficient (Wildman–Crippen LogP) is 1.73. The topological polar surface area (TPSA) is 167 Å². The van der Waals surface area contributed by atoms with Gasteiger partial charge in [0.25, 0.3) is 11.8 Å². The SMILES string of the molecule is Cc1nc(N)cc(N(CC(=O)NO)c2ncc(C(=O)Nc3c(C)cccc3O)s2)n1. The monoisotopic (exact) mass is 429 g/mol. The summed E-state index contributed by atoms with van der Waals surface area (Å²) in [6.45, 7) is 3.07. The minimum absolute atomic E-state index is 0.0544. The lowest BCUT2D eigenvalue weighted by atomic mass is 10.2. The van der Waals surface area contributed by atoms with Crippen LogP contribution in [-0.4, -0.2) is 43.6 Å². The van der Waals surface area contributed by atoms with Gasteiger partial charge < -0.3 is 16.2 Å². The third kappa shape index (κ3) is 4.61. The summed E-state index contributed by atoms with van der Waals surface area (Å²) in [7, 11) is 0. The van der Waals surface area contributed by atoms with Gasteiger partial charge in [-0.2, -0.15) is 0 Å². The maximum atomic E-state index is 12.6. The fraction of sp³-hybridized carbons (Fsp3) is 0.167. The fourth-order valence-electron chi connectivity index (χ4n) is 2.62. The highest BCUT2D eigenvalue weighted by Gasteiger charge is 2.22. The molecule has 6 N–H and O–H groups in total. The number of nitrogens with zero attached hydrogens (tertiary/aromatic N) is 4. The van der Waals surface area contributed by atoms with E-state index in [2.05, 4.69) is 20.3 Å². The summed E-state index contributed by atoms with van der Waals surface area (Å²) in [6, 6.07) is 6.34. The van der Waals surface area contributed by atoms with E-state index in [9.17, 15) is 14.7 Å². The summed E-state index contributed by atoms with van der Waals surface area (Å²) in [6.07, 6.45) is 1.34. The number of carbonyl (C=O) groups excluding carboxylic acids is 2. The Labute approximate surface area is 175 Å². The number of phenols is 1. The van der Waals surface area contributed by atoms with Crippen molar-refractivity contribution in [2.45, 2.75) is 13.8 Å². The zero-order valence-electron chi connectivity index (χ0n) is 16.1. The summed E-state index contributed by atoms with van der Waals surface area (Å²) in [5.41, 5.74) is 8.32. The minimum Gasteiger partial charge on any atom is -0.506 e. The second-order valence-corrected chi connectivity index (χ2v) is 7.26. The van der Waals surface area contributed by atoms with E-state index in [1.807, 2.05) is 0 Å². The highest BCUT2D eigenvalue weighted by atomic mass is 32.1. The number of nitrogens with two attached hydrogens (primary N) is 1. The Hall–Kier alpha value is -3.77. The molecule has 0 saturated carbocycles. The van der Waals surface area contributed by atoms with Gasteiger partial charge >= 0.3 is 0 Å². The number of aromatic nitrogens is 3. The van der Waals surface area contributed by atoms with Gasteiger partial charge in [-0.05, 0) is 25.5 Å². The smallest absolute Gasteiger partial charge is 0.267 e. The molecule has 12 heteroatoms. The first-order valence-electron chi connectivity index (χ1n) is 8.66. The number of carbonyl (C=O) groups is 2. The summed E-state index contributed by atoms with van der Waals surface area (Å²) in [5.74, 6) is -0.396. The number of aromatic hydroxyl groups is 1. The molecule has 0 bridgehead atoms. The van der Waals surface area contributed by atoms with Crippen molar-refractivity contribution in [3.8, 4) is 5.75 Å². The van der Waals surface area contributed by atoms with Crippen LogP contribution in [-0.2, 0) is 4.79 Å². The van der Waals surface area contributed by atoms with Crippen LogP contribution in [0.4, 0.5) is 22.5 Å². The molecular formula is C18H19N7O4S. The Morgan fingerprint density at radius 2 is 2.03 bits per heavy atom. The van der Waals surface area contributed by atoms with Gasteiger partial charge in [0.2, 0.25) is 0 Å². The van der Waals surface area contributed by atoms with Crippen molar-refractivity contribution >= 4 is 45.6 Å². The normalized spacial score (nSPS) is 10.5. The van der Waals surface area contributed by atoms with Gasteiger partial charge in [0, 0.05) is 6.07 Å². The van der Waals surface area contributed by atoms with E-state index >= 15 is 0 Å². The zero-order chi connectivity index (χ0) is 21.8. The second kappa shape index (κ2) is 8.71. The number of benzene rings is 1. The molecule has 0 aliphatic carbocycles. The Morgan fingerprint density at radius 3 is 2.70 bits per heavy atom. The van der Waals surface area contributed by atoms with Crippen molar-refractivity contribution in [3.63, 3.8) is 0 Å². The molecular weight excluding hydrogens is 410 g/mol. The van der Waals surface area contributed by atoms with E-state index in [4.69, 9.17) is 10.9 Å². The summed E-state index contributed by atoms with van der Waals surface area (Å²) in [5, 5.41) is 21.8. The van der Waals surface area contributed by atoms with Gasteiger partial charge in [-0.15, -0.1) is 0 Å². The Kier molecular flexibility index (Phi) is 6.09. The van der Waals surface area contributed by atoms with Gasteiger partial charge in [0.05, 0.1) is 11.9 Å². The van der Waals surface area contributed by atoms with Crippen LogP contribution in [0, 0.1) is 13.8 Å². The number of thiazole rings is 1. The summed E-state index contributed by atoms with van der Waals surface area (Å²) in [4.78, 5) is 38.5. The number of nitrogens with one attached hydrogen (secondary N) is 2. The third-order valence-electron chi connectivity index (χ3n) is 3.98. The van der Waals surface area contributed by atoms with Gasteiger partial charge in [0.15, 0.2) is 5.13 Å². The van der Waals surface area contributed by atoms with Crippen molar-refractivity contribution in [2.75, 3.05) is 22.5 Å². The van der Waals surface area contributed by atoms with E-state index in [0.29, 0.717) is 17.1 Å². The molecule has 0 fully saturated rings. The van der Waals surface area contributed by atoms with E-state index in [1.165, 1.54) is 23.2 Å². The Bertz CT molecular complexity index is 1060. The van der Waals surface area contributed by atoms with Crippen LogP contribution >= 0.6 is 11.3 Å². The highest BCUT2D eigenvalue weighted by molar-refractivity contribution is 7.17. The number of aryl methyl sites for hydroxylation is 2. The standard InChI is InChI=1S/C18H19N7O4S/c1-9-4-3-5-11(26)16(9)23-17(28)12-7-20-18(30-12)25(8-15(27)24-29)14-6-13(19)21-10(2)22-14/h3-7,26,29H,8H2,1-2H3,(H,23,28)(H,24,27)(H2,19,21,22). The van der Waals surface area contributed by atoms with Crippen LogP contribution in [0.1, 0.15) is 21.1 Å². The van der Waals surface area contributed by atoms with Crippen molar-refractivity contribution in [3.05, 3.63) is 46.7 Å². The quantitative estimate of drug-likeness (QED) is 0.223.